The number of aromatic amines is 1. The summed E-state index contributed by atoms with van der Waals surface area (Å²) >= 11 is 0. The maximum Gasteiger partial charge on any atom is 0.270 e. The SMILES string of the molecule is NCc1ccccc1C(Nc1ccc(C=Cc2c[nH]cn2)cc1)=C1C(=O)Nc2ccc([N+](=O)[O-])cc21. The van der Waals surface area contributed by atoms with Crippen molar-refractivity contribution in [3.63, 3.8) is 0 Å². The topological polar surface area (TPSA) is 139 Å². The molecule has 5 N–H and O–H groups in total. The van der Waals surface area contributed by atoms with Gasteiger partial charge in [0, 0.05) is 47.4 Å². The lowest BCUT2D eigenvalue weighted by molar-refractivity contribution is -0.384. The van der Waals surface area contributed by atoms with Gasteiger partial charge in [0.05, 0.1) is 28.2 Å². The van der Waals surface area contributed by atoms with E-state index in [1.165, 1.54) is 12.1 Å². The van der Waals surface area contributed by atoms with Crippen LogP contribution in [0.2, 0.25) is 0 Å². The lowest BCUT2D eigenvalue weighted by Crippen LogP contribution is -2.12. The van der Waals surface area contributed by atoms with Crippen LogP contribution in [-0.4, -0.2) is 20.8 Å². The third kappa shape index (κ3) is 4.50. The van der Waals surface area contributed by atoms with Crippen molar-refractivity contribution in [3.05, 3.63) is 117 Å². The van der Waals surface area contributed by atoms with E-state index in [2.05, 4.69) is 20.6 Å². The molecule has 4 aromatic rings. The molecule has 2 heterocycles. The summed E-state index contributed by atoms with van der Waals surface area (Å²) in [6.07, 6.45) is 7.26. The van der Waals surface area contributed by atoms with Gasteiger partial charge < -0.3 is 21.4 Å². The standard InChI is InChI=1S/C27H22N6O3/c28-14-18-3-1-2-4-22(18)26(25-23-13-21(33(35)36)11-12-24(23)32-27(25)34)31-19-8-5-17(6-9-19)7-10-20-15-29-16-30-20/h1-13,15-16,31H,14,28H2,(H,29,30)(H,32,34). The Morgan fingerprint density at radius 3 is 2.61 bits per heavy atom. The first kappa shape index (κ1) is 22.8. The lowest BCUT2D eigenvalue weighted by atomic mass is 9.96. The van der Waals surface area contributed by atoms with Crippen molar-refractivity contribution < 1.29 is 9.72 Å². The van der Waals surface area contributed by atoms with E-state index in [1.54, 1.807) is 18.6 Å². The predicted molar refractivity (Wildman–Crippen MR) is 140 cm³/mol. The number of anilines is 2. The van der Waals surface area contributed by atoms with Crippen LogP contribution in [0.4, 0.5) is 17.1 Å². The summed E-state index contributed by atoms with van der Waals surface area (Å²) in [4.78, 5) is 31.2. The second-order valence-corrected chi connectivity index (χ2v) is 8.13. The molecule has 1 amide bonds. The van der Waals surface area contributed by atoms with Crippen molar-refractivity contribution in [2.45, 2.75) is 6.54 Å². The molecule has 3 aromatic carbocycles. The molecule has 0 unspecified atom stereocenters. The minimum absolute atomic E-state index is 0.0951. The Hall–Kier alpha value is -5.02. The highest BCUT2D eigenvalue weighted by molar-refractivity contribution is 6.37. The molecule has 9 heteroatoms. The Labute approximate surface area is 206 Å². The molecule has 1 aliphatic rings. The van der Waals surface area contributed by atoms with E-state index in [9.17, 15) is 14.9 Å². The second-order valence-electron chi connectivity index (χ2n) is 8.13. The van der Waals surface area contributed by atoms with Gasteiger partial charge in [0.2, 0.25) is 0 Å². The zero-order valence-corrected chi connectivity index (χ0v) is 19.1. The maximum absolute atomic E-state index is 13.1. The van der Waals surface area contributed by atoms with Crippen LogP contribution in [0.15, 0.2) is 79.3 Å². The number of nitro groups is 1. The van der Waals surface area contributed by atoms with Gasteiger partial charge in [-0.1, -0.05) is 42.5 Å². The zero-order valence-electron chi connectivity index (χ0n) is 19.1. The van der Waals surface area contributed by atoms with Crippen LogP contribution in [0.25, 0.3) is 23.4 Å². The van der Waals surface area contributed by atoms with Gasteiger partial charge in [-0.3, -0.25) is 14.9 Å². The molecular formula is C27H22N6O3. The number of aromatic nitrogens is 2. The molecule has 9 nitrogen and oxygen atoms in total. The number of fused-ring (bicyclic) bond motifs is 1. The molecule has 0 saturated carbocycles. The summed E-state index contributed by atoms with van der Waals surface area (Å²) in [6.45, 7) is 0.259. The molecule has 0 atom stereocenters. The first-order valence-corrected chi connectivity index (χ1v) is 11.2. The summed E-state index contributed by atoms with van der Waals surface area (Å²) in [5.41, 5.74) is 11.8. The van der Waals surface area contributed by atoms with Crippen LogP contribution in [0.1, 0.15) is 27.9 Å². The van der Waals surface area contributed by atoms with E-state index in [1.807, 2.05) is 60.7 Å². The largest absolute Gasteiger partial charge is 0.354 e. The number of nitrogens with two attached hydrogens (primary N) is 1. The van der Waals surface area contributed by atoms with Crippen LogP contribution >= 0.6 is 0 Å². The van der Waals surface area contributed by atoms with Gasteiger partial charge in [0.1, 0.15) is 0 Å². The van der Waals surface area contributed by atoms with Gasteiger partial charge in [0.15, 0.2) is 0 Å². The molecule has 1 aromatic heterocycles. The minimum Gasteiger partial charge on any atom is -0.354 e. The fourth-order valence-corrected chi connectivity index (χ4v) is 4.09. The van der Waals surface area contributed by atoms with E-state index in [0.717, 1.165) is 28.1 Å². The summed E-state index contributed by atoms with van der Waals surface area (Å²) in [6, 6.07) is 19.5. The highest BCUT2D eigenvalue weighted by Gasteiger charge is 2.30. The molecule has 0 fully saturated rings. The number of nitrogens with one attached hydrogen (secondary N) is 3. The van der Waals surface area contributed by atoms with E-state index in [0.29, 0.717) is 22.5 Å². The number of nitrogens with zero attached hydrogens (tertiary/aromatic N) is 2. The molecule has 1 aliphatic heterocycles. The van der Waals surface area contributed by atoms with E-state index in [-0.39, 0.29) is 18.1 Å². The van der Waals surface area contributed by atoms with Crippen molar-refractivity contribution in [2.75, 3.05) is 10.6 Å². The molecule has 0 spiro atoms. The fourth-order valence-electron chi connectivity index (χ4n) is 4.09. The molecule has 5 rings (SSSR count). The van der Waals surface area contributed by atoms with Crippen molar-refractivity contribution in [1.29, 1.82) is 0 Å². The van der Waals surface area contributed by atoms with Crippen LogP contribution < -0.4 is 16.4 Å². The third-order valence-corrected chi connectivity index (χ3v) is 5.86. The minimum atomic E-state index is -0.475. The number of carbonyl (C=O) groups excluding carboxylic acids is 1. The van der Waals surface area contributed by atoms with Crippen molar-refractivity contribution in [1.82, 2.24) is 9.97 Å². The maximum atomic E-state index is 13.1. The van der Waals surface area contributed by atoms with Gasteiger partial charge in [-0.2, -0.15) is 0 Å². The number of carbonyl (C=O) groups is 1. The summed E-state index contributed by atoms with van der Waals surface area (Å²) in [5.74, 6) is -0.349. The van der Waals surface area contributed by atoms with Gasteiger partial charge in [-0.25, -0.2) is 4.98 Å². The van der Waals surface area contributed by atoms with Crippen molar-refractivity contribution in [3.8, 4) is 0 Å². The Bertz CT molecular complexity index is 1510. The summed E-state index contributed by atoms with van der Waals surface area (Å²) in [5, 5.41) is 17.6. The Morgan fingerprint density at radius 1 is 1.08 bits per heavy atom. The first-order valence-electron chi connectivity index (χ1n) is 11.2. The molecule has 0 aliphatic carbocycles. The summed E-state index contributed by atoms with van der Waals surface area (Å²) < 4.78 is 0. The van der Waals surface area contributed by atoms with Gasteiger partial charge in [-0.15, -0.1) is 0 Å². The van der Waals surface area contributed by atoms with Crippen LogP contribution in [0.5, 0.6) is 0 Å². The van der Waals surface area contributed by atoms with E-state index >= 15 is 0 Å². The number of hydrogen-bond donors (Lipinski definition) is 4. The van der Waals surface area contributed by atoms with Crippen LogP contribution in [0, 0.1) is 10.1 Å². The average Bonchev–Trinajstić information content (AvgIpc) is 3.53. The quantitative estimate of drug-likeness (QED) is 0.170. The number of benzene rings is 3. The number of non-ortho nitro benzene ring substituents is 1. The number of H-pyrrole nitrogens is 1. The normalized spacial score (nSPS) is 14.0. The lowest BCUT2D eigenvalue weighted by Gasteiger charge is -2.17. The second kappa shape index (κ2) is 9.69. The number of imidazole rings is 1. The zero-order chi connectivity index (χ0) is 25.1. The Balaban J connectivity index is 1.59. The fraction of sp³-hybridized carbons (Fsp3) is 0.0370. The number of rotatable bonds is 7. The highest BCUT2D eigenvalue weighted by Crippen LogP contribution is 2.40. The average molecular weight is 479 g/mol. The van der Waals surface area contributed by atoms with E-state index in [4.69, 9.17) is 5.73 Å². The third-order valence-electron chi connectivity index (χ3n) is 5.86. The smallest absolute Gasteiger partial charge is 0.270 e. The molecule has 0 saturated heterocycles. The number of amides is 1. The summed E-state index contributed by atoms with van der Waals surface area (Å²) in [7, 11) is 0. The van der Waals surface area contributed by atoms with Crippen molar-refractivity contribution >= 4 is 46.4 Å². The molecule has 178 valence electrons. The molecule has 0 radical (unpaired) electrons. The van der Waals surface area contributed by atoms with Gasteiger partial charge in [-0.05, 0) is 35.4 Å². The Kier molecular flexibility index (Phi) is 6.12. The molecule has 36 heavy (non-hydrogen) atoms. The number of nitro benzene ring substituents is 1. The van der Waals surface area contributed by atoms with Crippen molar-refractivity contribution in [2.24, 2.45) is 5.73 Å². The van der Waals surface area contributed by atoms with Crippen LogP contribution in [0.3, 0.4) is 0 Å². The first-order chi connectivity index (χ1) is 17.5. The van der Waals surface area contributed by atoms with Gasteiger partial charge >= 0.3 is 0 Å². The monoisotopic (exact) mass is 478 g/mol. The predicted octanol–water partition coefficient (Wildman–Crippen LogP) is 4.88. The Morgan fingerprint density at radius 2 is 1.89 bits per heavy atom. The number of hydrogen-bond acceptors (Lipinski definition) is 6. The van der Waals surface area contributed by atoms with Gasteiger partial charge in [0.25, 0.3) is 11.6 Å². The molecule has 0 bridgehead atoms. The molecular weight excluding hydrogens is 456 g/mol. The van der Waals surface area contributed by atoms with Crippen LogP contribution in [-0.2, 0) is 11.3 Å². The highest BCUT2D eigenvalue weighted by atomic mass is 16.6. The van der Waals surface area contributed by atoms with E-state index < -0.39 is 4.92 Å².